The largest absolute Gasteiger partial charge is 0.377 e. The minimum atomic E-state index is 0.348. The predicted octanol–water partition coefficient (Wildman–Crippen LogP) is -0.0988. The van der Waals surface area contributed by atoms with Gasteiger partial charge in [0.1, 0.15) is 0 Å². The molecule has 0 radical (unpaired) electrons. The van der Waals surface area contributed by atoms with E-state index in [1.807, 2.05) is 19.2 Å². The van der Waals surface area contributed by atoms with E-state index < -0.39 is 0 Å². The van der Waals surface area contributed by atoms with Crippen LogP contribution in [0, 0.1) is 0 Å². The van der Waals surface area contributed by atoms with Crippen LogP contribution in [0.15, 0.2) is 18.3 Å². The second-order valence-electron chi connectivity index (χ2n) is 3.56. The SMILES string of the molecule is CNCC1COCCN1c1cccnn1. The van der Waals surface area contributed by atoms with Crippen molar-refractivity contribution in [2.24, 2.45) is 0 Å². The molecule has 2 heterocycles. The number of nitrogens with one attached hydrogen (secondary N) is 1. The van der Waals surface area contributed by atoms with Gasteiger partial charge in [-0.25, -0.2) is 0 Å². The summed E-state index contributed by atoms with van der Waals surface area (Å²) in [5.74, 6) is 0.932. The summed E-state index contributed by atoms with van der Waals surface area (Å²) in [6.45, 7) is 3.29. The van der Waals surface area contributed by atoms with E-state index in [2.05, 4.69) is 20.4 Å². The molecule has 0 bridgehead atoms. The molecule has 0 saturated carbocycles. The Morgan fingerprint density at radius 2 is 2.60 bits per heavy atom. The van der Waals surface area contributed by atoms with Crippen LogP contribution in [0.3, 0.4) is 0 Å². The minimum Gasteiger partial charge on any atom is -0.377 e. The lowest BCUT2D eigenvalue weighted by Gasteiger charge is -2.36. The molecule has 0 amide bonds. The van der Waals surface area contributed by atoms with E-state index in [1.165, 1.54) is 0 Å². The third-order valence-electron chi connectivity index (χ3n) is 2.52. The maximum atomic E-state index is 5.46. The van der Waals surface area contributed by atoms with Crippen LogP contribution in [-0.4, -0.2) is 49.6 Å². The van der Waals surface area contributed by atoms with Crippen LogP contribution < -0.4 is 10.2 Å². The van der Waals surface area contributed by atoms with Crippen molar-refractivity contribution in [3.63, 3.8) is 0 Å². The molecule has 1 aromatic rings. The Labute approximate surface area is 89.4 Å². The number of hydrogen-bond donors (Lipinski definition) is 1. The highest BCUT2D eigenvalue weighted by atomic mass is 16.5. The zero-order valence-corrected chi connectivity index (χ0v) is 8.89. The molecule has 1 saturated heterocycles. The molecule has 0 aromatic carbocycles. The molecule has 1 aliphatic heterocycles. The fraction of sp³-hybridized carbons (Fsp3) is 0.600. The third kappa shape index (κ3) is 2.43. The van der Waals surface area contributed by atoms with Gasteiger partial charge < -0.3 is 15.0 Å². The van der Waals surface area contributed by atoms with Crippen LogP contribution in [0.2, 0.25) is 0 Å². The first-order valence-electron chi connectivity index (χ1n) is 5.18. The van der Waals surface area contributed by atoms with Gasteiger partial charge in [0.05, 0.1) is 19.3 Å². The molecule has 0 spiro atoms. The Morgan fingerprint density at radius 3 is 3.33 bits per heavy atom. The zero-order valence-electron chi connectivity index (χ0n) is 8.89. The van der Waals surface area contributed by atoms with Crippen molar-refractivity contribution in [1.82, 2.24) is 15.5 Å². The van der Waals surface area contributed by atoms with Gasteiger partial charge >= 0.3 is 0 Å². The van der Waals surface area contributed by atoms with Gasteiger partial charge in [0.15, 0.2) is 5.82 Å². The van der Waals surface area contributed by atoms with Gasteiger partial charge in [-0.15, -0.1) is 5.10 Å². The highest BCUT2D eigenvalue weighted by Gasteiger charge is 2.23. The molecule has 15 heavy (non-hydrogen) atoms. The normalized spacial score (nSPS) is 21.7. The average molecular weight is 208 g/mol. The molecule has 2 rings (SSSR count). The molecule has 1 fully saturated rings. The second-order valence-corrected chi connectivity index (χ2v) is 3.56. The smallest absolute Gasteiger partial charge is 0.151 e. The van der Waals surface area contributed by atoms with Crippen molar-refractivity contribution in [3.8, 4) is 0 Å². The molecule has 1 unspecified atom stereocenters. The number of ether oxygens (including phenoxy) is 1. The lowest BCUT2D eigenvalue weighted by molar-refractivity contribution is 0.0938. The Kier molecular flexibility index (Phi) is 3.47. The molecule has 1 atom stereocenters. The van der Waals surface area contributed by atoms with Crippen LogP contribution in [0.25, 0.3) is 0 Å². The Hall–Kier alpha value is -1.20. The molecule has 82 valence electrons. The van der Waals surface area contributed by atoms with Crippen molar-refractivity contribution in [3.05, 3.63) is 18.3 Å². The van der Waals surface area contributed by atoms with Gasteiger partial charge in [0.2, 0.25) is 0 Å². The van der Waals surface area contributed by atoms with Crippen molar-refractivity contribution in [2.45, 2.75) is 6.04 Å². The van der Waals surface area contributed by atoms with Crippen LogP contribution in [0.4, 0.5) is 5.82 Å². The maximum Gasteiger partial charge on any atom is 0.151 e. The number of anilines is 1. The Balaban J connectivity index is 2.11. The zero-order chi connectivity index (χ0) is 10.5. The summed E-state index contributed by atoms with van der Waals surface area (Å²) in [7, 11) is 1.95. The number of aromatic nitrogens is 2. The monoisotopic (exact) mass is 208 g/mol. The van der Waals surface area contributed by atoms with Crippen molar-refractivity contribution >= 4 is 5.82 Å². The molecule has 1 N–H and O–H groups in total. The summed E-state index contributed by atoms with van der Waals surface area (Å²) in [5, 5.41) is 11.2. The van der Waals surface area contributed by atoms with E-state index in [9.17, 15) is 0 Å². The first kappa shape index (κ1) is 10.3. The van der Waals surface area contributed by atoms with Crippen LogP contribution in [0.5, 0.6) is 0 Å². The van der Waals surface area contributed by atoms with Gasteiger partial charge in [0, 0.05) is 19.3 Å². The van der Waals surface area contributed by atoms with Crippen molar-refractivity contribution in [2.75, 3.05) is 38.3 Å². The van der Waals surface area contributed by atoms with E-state index in [4.69, 9.17) is 4.74 Å². The Morgan fingerprint density at radius 1 is 1.67 bits per heavy atom. The summed E-state index contributed by atoms with van der Waals surface area (Å²) in [5.41, 5.74) is 0. The number of hydrogen-bond acceptors (Lipinski definition) is 5. The quantitative estimate of drug-likeness (QED) is 0.752. The van der Waals surface area contributed by atoms with Crippen LogP contribution >= 0.6 is 0 Å². The summed E-state index contributed by atoms with van der Waals surface area (Å²) < 4.78 is 5.46. The fourth-order valence-electron chi connectivity index (χ4n) is 1.81. The highest BCUT2D eigenvalue weighted by molar-refractivity contribution is 5.38. The first-order valence-corrected chi connectivity index (χ1v) is 5.18. The molecule has 5 heteroatoms. The van der Waals surface area contributed by atoms with E-state index in [0.29, 0.717) is 6.04 Å². The lowest BCUT2D eigenvalue weighted by Crippen LogP contribution is -2.50. The molecule has 5 nitrogen and oxygen atoms in total. The molecule has 1 aromatic heterocycles. The number of morpholine rings is 1. The van der Waals surface area contributed by atoms with E-state index >= 15 is 0 Å². The van der Waals surface area contributed by atoms with E-state index in [-0.39, 0.29) is 0 Å². The minimum absolute atomic E-state index is 0.348. The van der Waals surface area contributed by atoms with Gasteiger partial charge in [-0.05, 0) is 19.2 Å². The average Bonchev–Trinajstić information content (AvgIpc) is 2.31. The van der Waals surface area contributed by atoms with Crippen molar-refractivity contribution in [1.29, 1.82) is 0 Å². The summed E-state index contributed by atoms with van der Waals surface area (Å²) >= 11 is 0. The van der Waals surface area contributed by atoms with Gasteiger partial charge in [-0.2, -0.15) is 5.10 Å². The standard InChI is InChI=1S/C10H16N4O/c1-11-7-9-8-15-6-5-14(9)10-3-2-4-12-13-10/h2-4,9,11H,5-8H2,1H3. The second kappa shape index (κ2) is 5.04. The van der Waals surface area contributed by atoms with Crippen LogP contribution in [-0.2, 0) is 4.74 Å². The highest BCUT2D eigenvalue weighted by Crippen LogP contribution is 2.15. The number of rotatable bonds is 3. The van der Waals surface area contributed by atoms with Gasteiger partial charge in [-0.3, -0.25) is 0 Å². The predicted molar refractivity (Wildman–Crippen MR) is 57.9 cm³/mol. The Bertz CT molecular complexity index is 291. The van der Waals surface area contributed by atoms with Crippen LogP contribution in [0.1, 0.15) is 0 Å². The van der Waals surface area contributed by atoms with E-state index in [1.54, 1.807) is 6.20 Å². The van der Waals surface area contributed by atoms with Gasteiger partial charge in [-0.1, -0.05) is 0 Å². The number of nitrogens with zero attached hydrogens (tertiary/aromatic N) is 3. The topological polar surface area (TPSA) is 50.3 Å². The molecule has 0 aliphatic carbocycles. The molecular formula is C10H16N4O. The summed E-state index contributed by atoms with van der Waals surface area (Å²) in [4.78, 5) is 2.24. The number of likely N-dealkylation sites (N-methyl/N-ethyl adjacent to an activating group) is 1. The van der Waals surface area contributed by atoms with Gasteiger partial charge in [0.25, 0.3) is 0 Å². The van der Waals surface area contributed by atoms with E-state index in [0.717, 1.165) is 32.1 Å². The molecular weight excluding hydrogens is 192 g/mol. The maximum absolute atomic E-state index is 5.46. The fourth-order valence-corrected chi connectivity index (χ4v) is 1.81. The molecule has 1 aliphatic rings. The summed E-state index contributed by atoms with van der Waals surface area (Å²) in [6, 6.07) is 4.25. The first-order chi connectivity index (χ1) is 7.42. The lowest BCUT2D eigenvalue weighted by atomic mass is 10.2. The third-order valence-corrected chi connectivity index (χ3v) is 2.52. The summed E-state index contributed by atoms with van der Waals surface area (Å²) in [6.07, 6.45) is 1.69. The van der Waals surface area contributed by atoms with Crippen molar-refractivity contribution < 1.29 is 4.74 Å².